The van der Waals surface area contributed by atoms with E-state index in [-0.39, 0.29) is 0 Å². The van der Waals surface area contributed by atoms with Gasteiger partial charge in [-0.05, 0) is 35.7 Å². The Morgan fingerprint density at radius 3 is 2.87 bits per heavy atom. The highest BCUT2D eigenvalue weighted by Gasteiger charge is 2.24. The zero-order valence-corrected chi connectivity index (χ0v) is 13.8. The molecule has 5 rings (SSSR count). The lowest BCUT2D eigenvalue weighted by Gasteiger charge is -2.07. The summed E-state index contributed by atoms with van der Waals surface area (Å²) in [6.45, 7) is 0. The van der Waals surface area contributed by atoms with Crippen LogP contribution in [0.2, 0.25) is 0 Å². The van der Waals surface area contributed by atoms with Crippen molar-refractivity contribution in [1.29, 1.82) is 0 Å². The third kappa shape index (κ3) is 2.32. The van der Waals surface area contributed by atoms with Crippen LogP contribution < -0.4 is 5.32 Å². The van der Waals surface area contributed by atoms with E-state index in [0.29, 0.717) is 6.04 Å². The van der Waals surface area contributed by atoms with E-state index in [1.807, 2.05) is 22.3 Å². The molecular weight excluding hydrogens is 326 g/mol. The molecule has 0 bridgehead atoms. The molecule has 1 aliphatic carbocycles. The van der Waals surface area contributed by atoms with Crippen molar-refractivity contribution in [1.82, 2.24) is 19.5 Å². The quantitative estimate of drug-likeness (QED) is 0.606. The van der Waals surface area contributed by atoms with E-state index in [4.69, 9.17) is 9.97 Å². The van der Waals surface area contributed by atoms with E-state index in [1.165, 1.54) is 12.8 Å². The number of rotatable bonds is 4. The van der Waals surface area contributed by atoms with Gasteiger partial charge in [0.2, 0.25) is 0 Å². The molecule has 7 heteroatoms. The minimum absolute atomic E-state index is 0.524. The maximum atomic E-state index is 4.79. The molecule has 1 fully saturated rings. The van der Waals surface area contributed by atoms with Crippen molar-refractivity contribution in [2.75, 3.05) is 5.32 Å². The van der Waals surface area contributed by atoms with Crippen LogP contribution in [0.4, 0.5) is 5.82 Å². The SMILES string of the molecule is c1csc(-c2nc(NC3CC3)c3ncn(-c4ccsc4)c3n2)c1. The van der Waals surface area contributed by atoms with Crippen LogP contribution >= 0.6 is 22.7 Å². The molecule has 4 aromatic heterocycles. The Hall–Kier alpha value is -2.25. The number of nitrogens with zero attached hydrogens (tertiary/aromatic N) is 4. The second-order valence-corrected chi connectivity index (χ2v) is 7.29. The Kier molecular flexibility index (Phi) is 2.95. The minimum Gasteiger partial charge on any atom is -0.365 e. The van der Waals surface area contributed by atoms with Crippen LogP contribution in [-0.4, -0.2) is 25.6 Å². The van der Waals surface area contributed by atoms with Crippen molar-refractivity contribution in [3.8, 4) is 16.4 Å². The first-order chi connectivity index (χ1) is 11.4. The van der Waals surface area contributed by atoms with Crippen LogP contribution in [0.1, 0.15) is 12.8 Å². The lowest BCUT2D eigenvalue weighted by molar-refractivity contribution is 1.06. The van der Waals surface area contributed by atoms with Crippen LogP contribution in [0, 0.1) is 0 Å². The van der Waals surface area contributed by atoms with Crippen LogP contribution in [0.3, 0.4) is 0 Å². The molecule has 1 aliphatic rings. The highest BCUT2D eigenvalue weighted by atomic mass is 32.1. The zero-order valence-electron chi connectivity index (χ0n) is 12.1. The van der Waals surface area contributed by atoms with Gasteiger partial charge in [0.25, 0.3) is 0 Å². The summed E-state index contributed by atoms with van der Waals surface area (Å²) in [5.41, 5.74) is 2.78. The molecule has 4 heterocycles. The monoisotopic (exact) mass is 339 g/mol. The van der Waals surface area contributed by atoms with Gasteiger partial charge in [-0.25, -0.2) is 15.0 Å². The third-order valence-corrected chi connectivity index (χ3v) is 5.38. The van der Waals surface area contributed by atoms with Gasteiger partial charge in [0.1, 0.15) is 6.33 Å². The predicted molar refractivity (Wildman–Crippen MR) is 94.5 cm³/mol. The van der Waals surface area contributed by atoms with Crippen molar-refractivity contribution < 1.29 is 0 Å². The molecule has 23 heavy (non-hydrogen) atoms. The molecule has 0 aromatic carbocycles. The molecule has 0 spiro atoms. The first-order valence-corrected chi connectivity index (χ1v) is 9.29. The largest absolute Gasteiger partial charge is 0.365 e. The topological polar surface area (TPSA) is 55.6 Å². The van der Waals surface area contributed by atoms with E-state index < -0.39 is 0 Å². The fourth-order valence-electron chi connectivity index (χ4n) is 2.52. The van der Waals surface area contributed by atoms with Gasteiger partial charge in [0, 0.05) is 11.4 Å². The molecule has 114 valence electrons. The van der Waals surface area contributed by atoms with Crippen LogP contribution in [0.15, 0.2) is 40.7 Å². The first kappa shape index (κ1) is 13.2. The lowest BCUT2D eigenvalue weighted by Crippen LogP contribution is -2.06. The van der Waals surface area contributed by atoms with Crippen LogP contribution in [-0.2, 0) is 0 Å². The molecule has 4 aromatic rings. The fourth-order valence-corrected chi connectivity index (χ4v) is 3.81. The van der Waals surface area contributed by atoms with Gasteiger partial charge in [-0.2, -0.15) is 11.3 Å². The van der Waals surface area contributed by atoms with Gasteiger partial charge in [-0.1, -0.05) is 6.07 Å². The van der Waals surface area contributed by atoms with Gasteiger partial charge >= 0.3 is 0 Å². The average Bonchev–Trinajstić information content (AvgIpc) is 3.07. The third-order valence-electron chi connectivity index (χ3n) is 3.84. The second kappa shape index (κ2) is 5.14. The second-order valence-electron chi connectivity index (χ2n) is 5.56. The van der Waals surface area contributed by atoms with Gasteiger partial charge in [0.15, 0.2) is 22.8 Å². The number of fused-ring (bicyclic) bond motifs is 1. The van der Waals surface area contributed by atoms with E-state index in [0.717, 1.165) is 33.4 Å². The molecule has 0 amide bonds. The lowest BCUT2D eigenvalue weighted by atomic mass is 10.4. The van der Waals surface area contributed by atoms with Gasteiger partial charge in [-0.15, -0.1) is 11.3 Å². The summed E-state index contributed by atoms with van der Waals surface area (Å²) in [4.78, 5) is 15.2. The fraction of sp³-hybridized carbons (Fsp3) is 0.188. The number of nitrogens with one attached hydrogen (secondary N) is 1. The standard InChI is InChI=1S/C16H13N5S2/c1-2-12(23-6-1)14-19-15(18-10-3-4-10)13-16(20-14)21(9-17-13)11-5-7-22-8-11/h1-2,5-10H,3-4H2,(H,18,19,20). The highest BCUT2D eigenvalue weighted by molar-refractivity contribution is 7.13. The zero-order chi connectivity index (χ0) is 15.2. The van der Waals surface area contributed by atoms with Crippen molar-refractivity contribution in [3.05, 3.63) is 40.7 Å². The van der Waals surface area contributed by atoms with E-state index >= 15 is 0 Å². The molecule has 1 saturated carbocycles. The Labute approximate surface area is 140 Å². The summed E-state index contributed by atoms with van der Waals surface area (Å²) in [6, 6.07) is 6.68. The molecule has 0 saturated heterocycles. The van der Waals surface area contributed by atoms with E-state index in [1.54, 1.807) is 22.7 Å². The maximum absolute atomic E-state index is 4.79. The predicted octanol–water partition coefficient (Wildman–Crippen LogP) is 4.18. The molecule has 1 N–H and O–H groups in total. The highest BCUT2D eigenvalue weighted by Crippen LogP contribution is 2.31. The van der Waals surface area contributed by atoms with Crippen molar-refractivity contribution in [2.45, 2.75) is 18.9 Å². The number of hydrogen-bond acceptors (Lipinski definition) is 6. The van der Waals surface area contributed by atoms with Gasteiger partial charge < -0.3 is 5.32 Å². The molecule has 0 unspecified atom stereocenters. The van der Waals surface area contributed by atoms with Crippen molar-refractivity contribution >= 4 is 39.7 Å². The maximum Gasteiger partial charge on any atom is 0.174 e. The molecular formula is C16H13N5S2. The number of anilines is 1. The minimum atomic E-state index is 0.524. The summed E-state index contributed by atoms with van der Waals surface area (Å²) in [5.74, 6) is 1.60. The Bertz CT molecular complexity index is 952. The molecule has 5 nitrogen and oxygen atoms in total. The van der Waals surface area contributed by atoms with E-state index in [2.05, 4.69) is 33.2 Å². The average molecular weight is 339 g/mol. The Morgan fingerprint density at radius 2 is 2.13 bits per heavy atom. The first-order valence-electron chi connectivity index (χ1n) is 7.46. The summed E-state index contributed by atoms with van der Waals surface area (Å²) < 4.78 is 2.03. The number of aromatic nitrogens is 4. The van der Waals surface area contributed by atoms with Crippen molar-refractivity contribution in [3.63, 3.8) is 0 Å². The Morgan fingerprint density at radius 1 is 1.17 bits per heavy atom. The summed E-state index contributed by atoms with van der Waals surface area (Å²) in [6.07, 6.45) is 4.23. The number of thiophene rings is 2. The number of hydrogen-bond donors (Lipinski definition) is 1. The summed E-state index contributed by atoms with van der Waals surface area (Å²) >= 11 is 3.32. The van der Waals surface area contributed by atoms with Gasteiger partial charge in [-0.3, -0.25) is 4.57 Å². The van der Waals surface area contributed by atoms with Gasteiger partial charge in [0.05, 0.1) is 10.6 Å². The smallest absolute Gasteiger partial charge is 0.174 e. The normalized spacial score (nSPS) is 14.4. The summed E-state index contributed by atoms with van der Waals surface area (Å²) in [7, 11) is 0. The number of imidazole rings is 1. The molecule has 0 aliphatic heterocycles. The van der Waals surface area contributed by atoms with E-state index in [9.17, 15) is 0 Å². The van der Waals surface area contributed by atoms with Crippen molar-refractivity contribution in [2.24, 2.45) is 0 Å². The van der Waals surface area contributed by atoms with Crippen LogP contribution in [0.25, 0.3) is 27.6 Å². The Balaban J connectivity index is 1.74. The molecule has 0 radical (unpaired) electrons. The molecule has 0 atom stereocenters. The summed E-state index contributed by atoms with van der Waals surface area (Å²) in [5, 5.41) is 9.71. The van der Waals surface area contributed by atoms with Crippen LogP contribution in [0.5, 0.6) is 0 Å².